The van der Waals surface area contributed by atoms with Gasteiger partial charge in [0.05, 0.1) is 0 Å². The molecule has 4 heteroatoms. The summed E-state index contributed by atoms with van der Waals surface area (Å²) in [5, 5.41) is 0. The molecule has 1 fully saturated rings. The molecule has 1 aliphatic heterocycles. The van der Waals surface area contributed by atoms with Crippen LogP contribution in [0.1, 0.15) is 44.7 Å². The number of benzene rings is 1. The van der Waals surface area contributed by atoms with Crippen LogP contribution in [0.3, 0.4) is 0 Å². The summed E-state index contributed by atoms with van der Waals surface area (Å²) in [5.74, 6) is 0.175. The first-order valence-corrected chi connectivity index (χ1v) is 6.62. The number of rotatable bonds is 3. The van der Waals surface area contributed by atoms with E-state index >= 15 is 0 Å². The monoisotopic (exact) mass is 282 g/mol. The number of hydrogen-bond acceptors (Lipinski definition) is 2. The van der Waals surface area contributed by atoms with Crippen molar-refractivity contribution < 1.29 is 4.79 Å². The Balaban J connectivity index is 0.00000180. The van der Waals surface area contributed by atoms with Gasteiger partial charge in [0.2, 0.25) is 5.91 Å². The maximum absolute atomic E-state index is 12.3. The van der Waals surface area contributed by atoms with Crippen molar-refractivity contribution in [2.45, 2.75) is 44.7 Å². The zero-order chi connectivity index (χ0) is 13.2. The van der Waals surface area contributed by atoms with Crippen LogP contribution in [-0.4, -0.2) is 22.9 Å². The normalized spacial score (nSPS) is 18.8. The minimum Gasteiger partial charge on any atom is -0.338 e. The molecule has 1 aromatic carbocycles. The van der Waals surface area contributed by atoms with E-state index in [1.165, 1.54) is 0 Å². The SMILES string of the molecule is CC1(C)CCCN1C(=O)CC(N)c1ccccc1.Cl. The summed E-state index contributed by atoms with van der Waals surface area (Å²) >= 11 is 0. The second-order valence-corrected chi connectivity index (χ2v) is 5.68. The first-order valence-electron chi connectivity index (χ1n) is 6.62. The molecule has 0 aliphatic carbocycles. The summed E-state index contributed by atoms with van der Waals surface area (Å²) in [7, 11) is 0. The van der Waals surface area contributed by atoms with Crippen molar-refractivity contribution in [3.05, 3.63) is 35.9 Å². The average Bonchev–Trinajstić information content (AvgIpc) is 2.70. The molecular weight excluding hydrogens is 260 g/mol. The van der Waals surface area contributed by atoms with E-state index in [0.29, 0.717) is 6.42 Å². The first kappa shape index (κ1) is 16.0. The third-order valence-corrected chi connectivity index (χ3v) is 3.82. The van der Waals surface area contributed by atoms with E-state index in [4.69, 9.17) is 5.73 Å². The fourth-order valence-electron chi connectivity index (χ4n) is 2.69. The van der Waals surface area contributed by atoms with E-state index < -0.39 is 0 Å². The molecule has 1 atom stereocenters. The topological polar surface area (TPSA) is 46.3 Å². The van der Waals surface area contributed by atoms with E-state index in [2.05, 4.69) is 13.8 Å². The van der Waals surface area contributed by atoms with Crippen molar-refractivity contribution in [1.29, 1.82) is 0 Å². The molecule has 1 heterocycles. The van der Waals surface area contributed by atoms with Gasteiger partial charge in [0, 0.05) is 24.5 Å². The van der Waals surface area contributed by atoms with E-state index in [1.807, 2.05) is 35.2 Å². The predicted octanol–water partition coefficient (Wildman–Crippen LogP) is 2.90. The Morgan fingerprint density at radius 3 is 2.53 bits per heavy atom. The number of likely N-dealkylation sites (tertiary alicyclic amines) is 1. The number of nitrogens with two attached hydrogens (primary N) is 1. The molecule has 0 saturated carbocycles. The zero-order valence-corrected chi connectivity index (χ0v) is 12.5. The lowest BCUT2D eigenvalue weighted by Gasteiger charge is -2.32. The summed E-state index contributed by atoms with van der Waals surface area (Å²) in [4.78, 5) is 14.3. The van der Waals surface area contributed by atoms with Gasteiger partial charge in [-0.05, 0) is 32.3 Å². The van der Waals surface area contributed by atoms with E-state index in [-0.39, 0.29) is 29.9 Å². The summed E-state index contributed by atoms with van der Waals surface area (Å²) in [6.45, 7) is 5.13. The molecule has 2 N–H and O–H groups in total. The highest BCUT2D eigenvalue weighted by Gasteiger charge is 2.35. The molecule has 0 aromatic heterocycles. The molecule has 0 bridgehead atoms. The molecule has 1 amide bonds. The number of halogens is 1. The Morgan fingerprint density at radius 1 is 1.37 bits per heavy atom. The van der Waals surface area contributed by atoms with Gasteiger partial charge in [-0.1, -0.05) is 30.3 Å². The number of nitrogens with zero attached hydrogens (tertiary/aromatic N) is 1. The van der Waals surface area contributed by atoms with E-state index in [0.717, 1.165) is 24.9 Å². The Morgan fingerprint density at radius 2 is 2.00 bits per heavy atom. The van der Waals surface area contributed by atoms with Crippen LogP contribution in [0, 0.1) is 0 Å². The summed E-state index contributed by atoms with van der Waals surface area (Å²) in [6, 6.07) is 9.64. The van der Waals surface area contributed by atoms with Crippen molar-refractivity contribution in [3.8, 4) is 0 Å². The molecule has 106 valence electrons. The van der Waals surface area contributed by atoms with Crippen LogP contribution >= 0.6 is 12.4 Å². The molecule has 2 rings (SSSR count). The van der Waals surface area contributed by atoms with Crippen molar-refractivity contribution in [1.82, 2.24) is 4.90 Å². The van der Waals surface area contributed by atoms with Gasteiger partial charge in [-0.25, -0.2) is 0 Å². The quantitative estimate of drug-likeness (QED) is 0.927. The van der Waals surface area contributed by atoms with Gasteiger partial charge >= 0.3 is 0 Å². The largest absolute Gasteiger partial charge is 0.338 e. The van der Waals surface area contributed by atoms with Gasteiger partial charge in [-0.15, -0.1) is 12.4 Å². The molecule has 1 saturated heterocycles. The lowest BCUT2D eigenvalue weighted by Crippen LogP contribution is -2.43. The minimum atomic E-state index is -0.199. The fraction of sp³-hybridized carbons (Fsp3) is 0.533. The van der Waals surface area contributed by atoms with Crippen LogP contribution in [0.25, 0.3) is 0 Å². The Hall–Kier alpha value is -1.06. The molecule has 0 radical (unpaired) electrons. The average molecular weight is 283 g/mol. The zero-order valence-electron chi connectivity index (χ0n) is 11.6. The van der Waals surface area contributed by atoms with Gasteiger partial charge < -0.3 is 10.6 Å². The van der Waals surface area contributed by atoms with Crippen LogP contribution in [0.4, 0.5) is 0 Å². The van der Waals surface area contributed by atoms with Crippen LogP contribution in [0.5, 0.6) is 0 Å². The minimum absolute atomic E-state index is 0. The van der Waals surface area contributed by atoms with Crippen molar-refractivity contribution in [2.75, 3.05) is 6.54 Å². The molecule has 1 aromatic rings. The van der Waals surface area contributed by atoms with Crippen LogP contribution in [0.15, 0.2) is 30.3 Å². The molecule has 19 heavy (non-hydrogen) atoms. The highest BCUT2D eigenvalue weighted by molar-refractivity contribution is 5.85. The van der Waals surface area contributed by atoms with Gasteiger partial charge in [-0.2, -0.15) is 0 Å². The maximum Gasteiger partial charge on any atom is 0.224 e. The van der Waals surface area contributed by atoms with Crippen LogP contribution < -0.4 is 5.73 Å². The number of hydrogen-bond donors (Lipinski definition) is 1. The van der Waals surface area contributed by atoms with Gasteiger partial charge in [0.15, 0.2) is 0 Å². The highest BCUT2D eigenvalue weighted by Crippen LogP contribution is 2.29. The van der Waals surface area contributed by atoms with Crippen molar-refractivity contribution in [2.24, 2.45) is 5.73 Å². The molecule has 1 unspecified atom stereocenters. The first-order chi connectivity index (χ1) is 8.50. The third-order valence-electron chi connectivity index (χ3n) is 3.82. The molecule has 3 nitrogen and oxygen atoms in total. The number of carbonyl (C=O) groups excluding carboxylic acids is 1. The number of carbonyl (C=O) groups is 1. The fourth-order valence-corrected chi connectivity index (χ4v) is 2.69. The Kier molecular flexibility index (Phi) is 5.39. The Bertz CT molecular complexity index is 419. The lowest BCUT2D eigenvalue weighted by atomic mass is 10.00. The summed E-state index contributed by atoms with van der Waals surface area (Å²) < 4.78 is 0. The summed E-state index contributed by atoms with van der Waals surface area (Å²) in [5.41, 5.74) is 7.13. The number of amides is 1. The highest BCUT2D eigenvalue weighted by atomic mass is 35.5. The molecule has 1 aliphatic rings. The van der Waals surface area contributed by atoms with Crippen LogP contribution in [-0.2, 0) is 4.79 Å². The molecule has 0 spiro atoms. The van der Waals surface area contributed by atoms with Crippen LogP contribution in [0.2, 0.25) is 0 Å². The standard InChI is InChI=1S/C15H22N2O.ClH/c1-15(2)9-6-10-17(15)14(18)11-13(16)12-7-4-3-5-8-12;/h3-5,7-8,13H,6,9-11,16H2,1-2H3;1H. The Labute approximate surface area is 121 Å². The summed E-state index contributed by atoms with van der Waals surface area (Å²) in [6.07, 6.45) is 2.58. The smallest absolute Gasteiger partial charge is 0.224 e. The second-order valence-electron chi connectivity index (χ2n) is 5.68. The lowest BCUT2D eigenvalue weighted by molar-refractivity contribution is -0.134. The predicted molar refractivity (Wildman–Crippen MR) is 80.3 cm³/mol. The van der Waals surface area contributed by atoms with Crippen molar-refractivity contribution >= 4 is 18.3 Å². The molecular formula is C15H23ClN2O. The van der Waals surface area contributed by atoms with Crippen molar-refractivity contribution in [3.63, 3.8) is 0 Å². The van der Waals surface area contributed by atoms with Gasteiger partial charge in [0.25, 0.3) is 0 Å². The maximum atomic E-state index is 12.3. The van der Waals surface area contributed by atoms with E-state index in [1.54, 1.807) is 0 Å². The third kappa shape index (κ3) is 3.71. The second kappa shape index (κ2) is 6.40. The van der Waals surface area contributed by atoms with E-state index in [9.17, 15) is 4.79 Å². The van der Waals surface area contributed by atoms with Gasteiger partial charge in [0.1, 0.15) is 0 Å². The van der Waals surface area contributed by atoms with Gasteiger partial charge in [-0.3, -0.25) is 4.79 Å².